The first kappa shape index (κ1) is 17.2. The maximum absolute atomic E-state index is 6.58. The van der Waals surface area contributed by atoms with Gasteiger partial charge < -0.3 is 16.0 Å². The van der Waals surface area contributed by atoms with E-state index >= 15 is 0 Å². The lowest BCUT2D eigenvalue weighted by Gasteiger charge is -2.26. The number of allylic oxidation sites excluding steroid dienone is 2. The van der Waals surface area contributed by atoms with Crippen LogP contribution >= 0.6 is 11.8 Å². The molecule has 1 aliphatic heterocycles. The molecule has 2 saturated carbocycles. The smallest absolute Gasteiger partial charge is 0.112 e. The Morgan fingerprint density at radius 3 is 2.92 bits per heavy atom. The predicted molar refractivity (Wildman–Crippen MR) is 107 cm³/mol. The first-order valence-corrected chi connectivity index (χ1v) is 10.4. The molecule has 5 heteroatoms. The highest BCUT2D eigenvalue weighted by Crippen LogP contribution is 2.48. The van der Waals surface area contributed by atoms with Crippen molar-refractivity contribution >= 4 is 16.8 Å². The highest BCUT2D eigenvalue weighted by Gasteiger charge is 2.44. The summed E-state index contributed by atoms with van der Waals surface area (Å²) in [7, 11) is 4.46. The minimum Gasteiger partial charge on any atom is -0.385 e. The van der Waals surface area contributed by atoms with E-state index < -0.39 is 0 Å². The fourth-order valence-electron chi connectivity index (χ4n) is 5.45. The largest absolute Gasteiger partial charge is 0.385 e. The Balaban J connectivity index is 1.51. The van der Waals surface area contributed by atoms with Gasteiger partial charge in [0.2, 0.25) is 0 Å². The van der Waals surface area contributed by atoms with Gasteiger partial charge in [-0.15, -0.1) is 0 Å². The summed E-state index contributed by atoms with van der Waals surface area (Å²) in [6.07, 6.45) is 10.4. The van der Waals surface area contributed by atoms with Crippen molar-refractivity contribution in [1.82, 2.24) is 10.2 Å². The van der Waals surface area contributed by atoms with Gasteiger partial charge in [-0.25, -0.2) is 4.99 Å². The molecule has 3 N–H and O–H groups in total. The van der Waals surface area contributed by atoms with Crippen molar-refractivity contribution in [2.45, 2.75) is 57.0 Å². The summed E-state index contributed by atoms with van der Waals surface area (Å²) in [5.74, 6) is 2.53. The number of rotatable bonds is 4. The number of hydrogen-bond donors (Lipinski definition) is 2. The Morgan fingerprint density at radius 1 is 1.32 bits per heavy atom. The molecule has 0 saturated heterocycles. The summed E-state index contributed by atoms with van der Waals surface area (Å²) < 4.78 is 0. The van der Waals surface area contributed by atoms with Crippen LogP contribution in [0.25, 0.3) is 0 Å². The molecule has 3 aliphatic carbocycles. The molecule has 4 unspecified atom stereocenters. The van der Waals surface area contributed by atoms with E-state index in [0.29, 0.717) is 6.04 Å². The lowest BCUT2D eigenvalue weighted by molar-refractivity contribution is 0.224. The van der Waals surface area contributed by atoms with E-state index in [-0.39, 0.29) is 0 Å². The first-order chi connectivity index (χ1) is 12.1. The molecular weight excluding hydrogens is 328 g/mol. The third-order valence-corrected chi connectivity index (χ3v) is 7.68. The van der Waals surface area contributed by atoms with Crippen LogP contribution in [0.5, 0.6) is 0 Å². The summed E-state index contributed by atoms with van der Waals surface area (Å²) in [5, 5.41) is 4.72. The van der Waals surface area contributed by atoms with Gasteiger partial charge in [0.05, 0.1) is 5.57 Å². The summed E-state index contributed by atoms with van der Waals surface area (Å²) in [6.45, 7) is 3.77. The van der Waals surface area contributed by atoms with Crippen LogP contribution in [0.3, 0.4) is 0 Å². The molecule has 4 rings (SSSR count). The molecule has 0 amide bonds. The van der Waals surface area contributed by atoms with Gasteiger partial charge in [0.25, 0.3) is 0 Å². The van der Waals surface area contributed by atoms with Crippen molar-refractivity contribution < 1.29 is 0 Å². The molecule has 4 nitrogen and oxygen atoms in total. The third kappa shape index (κ3) is 3.06. The van der Waals surface area contributed by atoms with Gasteiger partial charge in [-0.3, -0.25) is 0 Å². The van der Waals surface area contributed by atoms with Gasteiger partial charge in [0, 0.05) is 18.3 Å². The standard InChI is InChI=1S/C20H30N4S/c1-4-22-20-18(14-6-5-7-17(14)25-20)19(21)23-13-10-12-8-9-16(24(2)3)15(12)11-13/h4,12-13,15-16,23H,1,5-11,21H2,2-3H3/b19-18+,22-20+. The third-order valence-electron chi connectivity index (χ3n) is 6.48. The van der Waals surface area contributed by atoms with E-state index in [0.717, 1.165) is 35.2 Å². The molecule has 0 aromatic rings. The van der Waals surface area contributed by atoms with Crippen molar-refractivity contribution in [1.29, 1.82) is 0 Å². The Bertz CT molecular complexity index is 661. The van der Waals surface area contributed by atoms with Crippen LogP contribution in [0, 0.1) is 11.8 Å². The Hall–Kier alpha value is -1.20. The SMILES string of the molecule is C=C/N=C1/SC2=C(CCC2)/C1=C(/N)NC1CC2CCC(N(C)C)C2C1. The number of thioether (sulfide) groups is 1. The molecule has 2 fully saturated rings. The predicted octanol–water partition coefficient (Wildman–Crippen LogP) is 3.59. The van der Waals surface area contributed by atoms with Gasteiger partial charge >= 0.3 is 0 Å². The molecule has 4 aliphatic rings. The van der Waals surface area contributed by atoms with Crippen LogP contribution in [0.15, 0.2) is 39.6 Å². The van der Waals surface area contributed by atoms with Gasteiger partial charge in [-0.05, 0) is 81.4 Å². The van der Waals surface area contributed by atoms with Gasteiger partial charge in [0.1, 0.15) is 10.9 Å². The maximum atomic E-state index is 6.58. The van der Waals surface area contributed by atoms with E-state index in [9.17, 15) is 0 Å². The Labute approximate surface area is 155 Å². The van der Waals surface area contributed by atoms with Crippen molar-refractivity contribution in [2.75, 3.05) is 14.1 Å². The zero-order chi connectivity index (χ0) is 17.6. The lowest BCUT2D eigenvalue weighted by Crippen LogP contribution is -2.35. The molecule has 0 radical (unpaired) electrons. The normalized spacial score (nSPS) is 37.8. The lowest BCUT2D eigenvalue weighted by atomic mass is 9.97. The average molecular weight is 359 g/mol. The van der Waals surface area contributed by atoms with Crippen LogP contribution in [0.1, 0.15) is 44.9 Å². The number of nitrogens with two attached hydrogens (primary N) is 1. The molecule has 136 valence electrons. The summed E-state index contributed by atoms with van der Waals surface area (Å²) >= 11 is 1.80. The van der Waals surface area contributed by atoms with E-state index in [1.807, 2.05) is 0 Å². The minimum absolute atomic E-state index is 0.506. The molecule has 25 heavy (non-hydrogen) atoms. The van der Waals surface area contributed by atoms with Crippen molar-refractivity contribution in [3.8, 4) is 0 Å². The second-order valence-electron chi connectivity index (χ2n) is 8.11. The van der Waals surface area contributed by atoms with Gasteiger partial charge in [-0.2, -0.15) is 0 Å². The monoisotopic (exact) mass is 358 g/mol. The molecule has 4 atom stereocenters. The Kier molecular flexibility index (Phi) is 4.71. The molecular formula is C20H30N4S. The number of fused-ring (bicyclic) bond motifs is 1. The highest BCUT2D eigenvalue weighted by atomic mass is 32.2. The van der Waals surface area contributed by atoms with E-state index in [1.165, 1.54) is 54.6 Å². The molecule has 0 aromatic carbocycles. The van der Waals surface area contributed by atoms with Gasteiger partial charge in [0.15, 0.2) is 0 Å². The van der Waals surface area contributed by atoms with Crippen molar-refractivity contribution in [3.63, 3.8) is 0 Å². The zero-order valence-corrected chi connectivity index (χ0v) is 16.2. The second-order valence-corrected chi connectivity index (χ2v) is 9.19. The van der Waals surface area contributed by atoms with Crippen LogP contribution < -0.4 is 11.1 Å². The first-order valence-electron chi connectivity index (χ1n) is 9.60. The number of nitrogens with one attached hydrogen (secondary N) is 1. The van der Waals surface area contributed by atoms with Crippen molar-refractivity contribution in [3.05, 3.63) is 34.7 Å². The van der Waals surface area contributed by atoms with E-state index in [1.54, 1.807) is 18.0 Å². The Morgan fingerprint density at radius 2 is 2.16 bits per heavy atom. The van der Waals surface area contributed by atoms with Crippen LogP contribution in [0.2, 0.25) is 0 Å². The molecule has 0 aromatic heterocycles. The number of aliphatic imine (C=N–C) groups is 1. The zero-order valence-electron chi connectivity index (χ0n) is 15.4. The topological polar surface area (TPSA) is 53.6 Å². The molecule has 0 bridgehead atoms. The van der Waals surface area contributed by atoms with Crippen LogP contribution in [0.4, 0.5) is 0 Å². The van der Waals surface area contributed by atoms with Gasteiger partial charge in [-0.1, -0.05) is 18.3 Å². The minimum atomic E-state index is 0.506. The highest BCUT2D eigenvalue weighted by molar-refractivity contribution is 8.18. The van der Waals surface area contributed by atoms with Crippen LogP contribution in [-0.4, -0.2) is 36.1 Å². The second kappa shape index (κ2) is 6.84. The number of nitrogens with zero attached hydrogens (tertiary/aromatic N) is 2. The fourth-order valence-corrected chi connectivity index (χ4v) is 6.72. The maximum Gasteiger partial charge on any atom is 0.112 e. The van der Waals surface area contributed by atoms with E-state index in [4.69, 9.17) is 5.73 Å². The average Bonchev–Trinajstić information content (AvgIpc) is 3.26. The molecule has 0 spiro atoms. The summed E-state index contributed by atoms with van der Waals surface area (Å²) in [4.78, 5) is 8.39. The van der Waals surface area contributed by atoms with E-state index in [2.05, 4.69) is 35.9 Å². The van der Waals surface area contributed by atoms with Crippen molar-refractivity contribution in [2.24, 2.45) is 22.6 Å². The quantitative estimate of drug-likeness (QED) is 0.806. The fraction of sp³-hybridized carbons (Fsp3) is 0.650. The summed E-state index contributed by atoms with van der Waals surface area (Å²) in [6, 6.07) is 1.25. The van der Waals surface area contributed by atoms with Crippen LogP contribution in [-0.2, 0) is 0 Å². The summed E-state index contributed by atoms with van der Waals surface area (Å²) in [5.41, 5.74) is 9.17. The molecule has 1 heterocycles. The number of hydrogen-bond acceptors (Lipinski definition) is 5.